The zero-order valence-electron chi connectivity index (χ0n) is 23.8. The lowest BCUT2D eigenvalue weighted by Gasteiger charge is -2.28. The predicted octanol–water partition coefficient (Wildman–Crippen LogP) is 7.94. The Balaban J connectivity index is 2.47. The van der Waals surface area contributed by atoms with E-state index in [0.29, 0.717) is 11.4 Å². The Kier molecular flexibility index (Phi) is 7.62. The number of phenols is 2. The van der Waals surface area contributed by atoms with Crippen molar-refractivity contribution >= 4 is 17.7 Å². The molecule has 0 unspecified atom stereocenters. The van der Waals surface area contributed by atoms with E-state index in [0.717, 1.165) is 27.8 Å². The van der Waals surface area contributed by atoms with Crippen LogP contribution in [0.3, 0.4) is 0 Å². The van der Waals surface area contributed by atoms with Crippen LogP contribution in [0.25, 0.3) is 6.08 Å². The van der Waals surface area contributed by atoms with Crippen LogP contribution < -0.4 is 5.32 Å². The van der Waals surface area contributed by atoms with Crippen LogP contribution in [-0.2, 0) is 26.5 Å². The third-order valence-electron chi connectivity index (χ3n) is 6.17. The summed E-state index contributed by atoms with van der Waals surface area (Å²) in [7, 11) is 0. The fourth-order valence-corrected chi connectivity index (χ4v) is 4.10. The zero-order valence-corrected chi connectivity index (χ0v) is 23.8. The molecule has 2 aromatic carbocycles. The molecule has 0 bridgehead atoms. The number of carbonyl (C=O) groups is 1. The first kappa shape index (κ1) is 28.5. The number of carbonyl (C=O) groups excluding carboxylic acids is 1. The number of rotatable bonds is 3. The van der Waals surface area contributed by atoms with Crippen molar-refractivity contribution in [3.05, 3.63) is 58.2 Å². The molecule has 0 fully saturated rings. The summed E-state index contributed by atoms with van der Waals surface area (Å²) < 4.78 is 0. The summed E-state index contributed by atoms with van der Waals surface area (Å²) >= 11 is 0. The van der Waals surface area contributed by atoms with Gasteiger partial charge >= 0.3 is 0 Å². The van der Waals surface area contributed by atoms with Gasteiger partial charge in [-0.15, -0.1) is 0 Å². The van der Waals surface area contributed by atoms with Crippen LogP contribution in [0.2, 0.25) is 0 Å². The molecule has 0 atom stereocenters. The van der Waals surface area contributed by atoms with Crippen molar-refractivity contribution < 1.29 is 15.0 Å². The molecule has 35 heavy (non-hydrogen) atoms. The van der Waals surface area contributed by atoms with Gasteiger partial charge in [0.05, 0.1) is 0 Å². The topological polar surface area (TPSA) is 69.6 Å². The number of aromatic hydroxyl groups is 2. The van der Waals surface area contributed by atoms with E-state index in [1.54, 1.807) is 6.08 Å². The molecular weight excluding hydrogens is 434 g/mol. The van der Waals surface area contributed by atoms with Gasteiger partial charge in [0.15, 0.2) is 0 Å². The maximum atomic E-state index is 12.9. The highest BCUT2D eigenvalue weighted by Crippen LogP contribution is 2.42. The van der Waals surface area contributed by atoms with E-state index in [1.807, 2.05) is 65.8 Å². The summed E-state index contributed by atoms with van der Waals surface area (Å²) in [6.07, 6.45) is 3.31. The Bertz CT molecular complexity index is 1060. The standard InChI is InChI=1S/C31H45NO3/c1-28(2,3)21-15-19(16-22(26(21)34)29(4,5)6)13-14-25(33)32-20-17-23(30(7,8)9)27(35)24(18-20)31(10,11)12/h13-18,34-35H,1-12H3,(H,32,33). The maximum absolute atomic E-state index is 12.9. The fourth-order valence-electron chi connectivity index (χ4n) is 4.10. The van der Waals surface area contributed by atoms with E-state index in [9.17, 15) is 15.0 Å². The number of hydrogen-bond donors (Lipinski definition) is 3. The molecule has 0 aromatic heterocycles. The summed E-state index contributed by atoms with van der Waals surface area (Å²) in [5.41, 5.74) is 3.79. The molecule has 2 aromatic rings. The van der Waals surface area contributed by atoms with Crippen molar-refractivity contribution in [1.82, 2.24) is 0 Å². The third kappa shape index (κ3) is 6.90. The average Bonchev–Trinajstić information content (AvgIpc) is 2.64. The molecule has 0 heterocycles. The molecular formula is C31H45NO3. The summed E-state index contributed by atoms with van der Waals surface area (Å²) in [4.78, 5) is 12.9. The monoisotopic (exact) mass is 479 g/mol. The highest BCUT2D eigenvalue weighted by molar-refractivity contribution is 6.02. The molecule has 192 valence electrons. The second-order valence-corrected chi connectivity index (χ2v) is 13.7. The lowest BCUT2D eigenvalue weighted by Crippen LogP contribution is -2.19. The van der Waals surface area contributed by atoms with Gasteiger partial charge in [-0.1, -0.05) is 83.1 Å². The van der Waals surface area contributed by atoms with Gasteiger partial charge in [-0.25, -0.2) is 0 Å². The first-order chi connectivity index (χ1) is 15.6. The lowest BCUT2D eigenvalue weighted by atomic mass is 9.78. The lowest BCUT2D eigenvalue weighted by molar-refractivity contribution is -0.111. The van der Waals surface area contributed by atoms with Gasteiger partial charge in [0, 0.05) is 34.0 Å². The van der Waals surface area contributed by atoms with Gasteiger partial charge in [-0.2, -0.15) is 0 Å². The molecule has 2 rings (SSSR count). The Morgan fingerprint density at radius 2 is 0.943 bits per heavy atom. The van der Waals surface area contributed by atoms with Crippen molar-refractivity contribution in [1.29, 1.82) is 0 Å². The van der Waals surface area contributed by atoms with Crippen molar-refractivity contribution in [2.24, 2.45) is 0 Å². The van der Waals surface area contributed by atoms with Gasteiger partial charge in [0.25, 0.3) is 0 Å². The molecule has 4 nitrogen and oxygen atoms in total. The van der Waals surface area contributed by atoms with Crippen LogP contribution >= 0.6 is 0 Å². The molecule has 0 radical (unpaired) electrons. The van der Waals surface area contributed by atoms with Crippen molar-refractivity contribution in [3.8, 4) is 11.5 Å². The Hall–Kier alpha value is -2.75. The summed E-state index contributed by atoms with van der Waals surface area (Å²) in [6.45, 7) is 24.7. The highest BCUT2D eigenvalue weighted by atomic mass is 16.3. The SMILES string of the molecule is CC(C)(C)c1cc(C=CC(=O)Nc2cc(C(C)(C)C)c(O)c(C(C)(C)C)c2)cc(C(C)(C)C)c1O. The van der Waals surface area contributed by atoms with Gasteiger partial charge in [0.2, 0.25) is 5.91 Å². The Labute approximate surface area is 212 Å². The number of nitrogens with one attached hydrogen (secondary N) is 1. The molecule has 0 aliphatic heterocycles. The second kappa shape index (κ2) is 9.37. The van der Waals surface area contributed by atoms with Crippen LogP contribution in [0, 0.1) is 0 Å². The molecule has 1 amide bonds. The fraction of sp³-hybridized carbons (Fsp3) is 0.516. The number of benzene rings is 2. The second-order valence-electron chi connectivity index (χ2n) is 13.7. The van der Waals surface area contributed by atoms with Crippen molar-refractivity contribution in [3.63, 3.8) is 0 Å². The number of anilines is 1. The van der Waals surface area contributed by atoms with Gasteiger partial charge in [-0.05, 0) is 57.6 Å². The van der Waals surface area contributed by atoms with E-state index in [2.05, 4.69) is 46.9 Å². The van der Waals surface area contributed by atoms with Crippen LogP contribution in [0.1, 0.15) is 111 Å². The zero-order chi connectivity index (χ0) is 27.1. The van der Waals surface area contributed by atoms with Crippen molar-refractivity contribution in [2.75, 3.05) is 5.32 Å². The summed E-state index contributed by atoms with van der Waals surface area (Å²) in [6, 6.07) is 7.60. The largest absolute Gasteiger partial charge is 0.507 e. The molecule has 0 aliphatic rings. The number of phenolic OH excluding ortho intramolecular Hbond substituents is 2. The maximum Gasteiger partial charge on any atom is 0.248 e. The van der Waals surface area contributed by atoms with E-state index in [-0.39, 0.29) is 33.3 Å². The summed E-state index contributed by atoms with van der Waals surface area (Å²) in [5.74, 6) is 0.352. The predicted molar refractivity (Wildman–Crippen MR) is 149 cm³/mol. The first-order valence-corrected chi connectivity index (χ1v) is 12.4. The molecule has 0 saturated heterocycles. The van der Waals surface area contributed by atoms with Crippen molar-refractivity contribution in [2.45, 2.75) is 105 Å². The van der Waals surface area contributed by atoms with Crippen LogP contribution in [0.4, 0.5) is 5.69 Å². The van der Waals surface area contributed by atoms with E-state index in [1.165, 1.54) is 6.08 Å². The van der Waals surface area contributed by atoms with Crippen LogP contribution in [0.15, 0.2) is 30.3 Å². The van der Waals surface area contributed by atoms with Gasteiger partial charge < -0.3 is 15.5 Å². The highest BCUT2D eigenvalue weighted by Gasteiger charge is 2.28. The number of amides is 1. The minimum atomic E-state index is -0.278. The Morgan fingerprint density at radius 1 is 0.629 bits per heavy atom. The molecule has 0 saturated carbocycles. The number of hydrogen-bond acceptors (Lipinski definition) is 3. The quantitative estimate of drug-likeness (QED) is 0.309. The molecule has 3 N–H and O–H groups in total. The first-order valence-electron chi connectivity index (χ1n) is 12.4. The van der Waals surface area contributed by atoms with Gasteiger partial charge in [-0.3, -0.25) is 4.79 Å². The normalized spacial score (nSPS) is 13.4. The third-order valence-corrected chi connectivity index (χ3v) is 6.17. The van der Waals surface area contributed by atoms with Gasteiger partial charge in [0.1, 0.15) is 11.5 Å². The molecule has 4 heteroatoms. The minimum Gasteiger partial charge on any atom is -0.507 e. The average molecular weight is 480 g/mol. The Morgan fingerprint density at radius 3 is 1.26 bits per heavy atom. The summed E-state index contributed by atoms with van der Waals surface area (Å²) in [5, 5.41) is 24.8. The van der Waals surface area contributed by atoms with E-state index < -0.39 is 0 Å². The molecule has 0 aliphatic carbocycles. The smallest absolute Gasteiger partial charge is 0.248 e. The van der Waals surface area contributed by atoms with Crippen LogP contribution in [0.5, 0.6) is 11.5 Å². The van der Waals surface area contributed by atoms with E-state index in [4.69, 9.17) is 0 Å². The van der Waals surface area contributed by atoms with E-state index >= 15 is 0 Å². The van der Waals surface area contributed by atoms with Crippen LogP contribution in [-0.4, -0.2) is 16.1 Å². The minimum absolute atomic E-state index is 0.241. The molecule has 0 spiro atoms.